The van der Waals surface area contributed by atoms with E-state index >= 15 is 0 Å². The lowest BCUT2D eigenvalue weighted by Gasteiger charge is -2.15. The molecule has 1 aliphatic rings. The second-order valence-electron chi connectivity index (χ2n) is 3.42. The van der Waals surface area contributed by atoms with Crippen LogP contribution in [0.1, 0.15) is 19.3 Å². The van der Waals surface area contributed by atoms with Gasteiger partial charge < -0.3 is 10.4 Å². The molecule has 13 heavy (non-hydrogen) atoms. The van der Waals surface area contributed by atoms with Gasteiger partial charge in [-0.25, -0.2) is 0 Å². The third kappa shape index (κ3) is 4.16. The maximum Gasteiger partial charge on any atom is 0.0693 e. The topological polar surface area (TPSA) is 32.3 Å². The molecule has 0 saturated heterocycles. The van der Waals surface area contributed by atoms with Crippen molar-refractivity contribution in [3.05, 3.63) is 12.7 Å². The number of aliphatic hydroxyl groups is 1. The highest BCUT2D eigenvalue weighted by Gasteiger charge is 2.23. The molecule has 0 radical (unpaired) electrons. The van der Waals surface area contributed by atoms with Crippen molar-refractivity contribution in [3.8, 4) is 0 Å². The molecule has 1 fully saturated rings. The first-order valence-corrected chi connectivity index (χ1v) is 6.10. The van der Waals surface area contributed by atoms with Gasteiger partial charge in [-0.05, 0) is 19.3 Å². The lowest BCUT2D eigenvalue weighted by atomic mass is 10.2. The molecule has 0 aromatic carbocycles. The SMILES string of the molecule is C=CCSCCN[C@@H]1CCC[C@H]1O. The smallest absolute Gasteiger partial charge is 0.0693 e. The molecule has 1 saturated carbocycles. The van der Waals surface area contributed by atoms with Crippen LogP contribution in [0.3, 0.4) is 0 Å². The van der Waals surface area contributed by atoms with Crippen LogP contribution in [0.15, 0.2) is 12.7 Å². The van der Waals surface area contributed by atoms with Crippen molar-refractivity contribution in [2.24, 2.45) is 0 Å². The van der Waals surface area contributed by atoms with Gasteiger partial charge >= 0.3 is 0 Å². The summed E-state index contributed by atoms with van der Waals surface area (Å²) in [5.41, 5.74) is 0. The van der Waals surface area contributed by atoms with Gasteiger partial charge in [-0.1, -0.05) is 6.08 Å². The second-order valence-corrected chi connectivity index (χ2v) is 4.57. The maximum absolute atomic E-state index is 9.51. The van der Waals surface area contributed by atoms with Gasteiger partial charge in [0.25, 0.3) is 0 Å². The summed E-state index contributed by atoms with van der Waals surface area (Å²) < 4.78 is 0. The minimum absolute atomic E-state index is 0.107. The Bertz CT molecular complexity index is 152. The molecule has 0 aliphatic heterocycles. The van der Waals surface area contributed by atoms with Crippen molar-refractivity contribution < 1.29 is 5.11 Å². The summed E-state index contributed by atoms with van der Waals surface area (Å²) in [5.74, 6) is 2.13. The number of hydrogen-bond donors (Lipinski definition) is 2. The van der Waals surface area contributed by atoms with E-state index in [4.69, 9.17) is 0 Å². The van der Waals surface area contributed by atoms with Gasteiger partial charge in [0.05, 0.1) is 6.10 Å². The Kier molecular flexibility index (Phi) is 5.51. The van der Waals surface area contributed by atoms with Crippen molar-refractivity contribution in [1.82, 2.24) is 5.32 Å². The molecule has 0 heterocycles. The summed E-state index contributed by atoms with van der Waals surface area (Å²) in [6, 6.07) is 0.351. The fourth-order valence-electron chi connectivity index (χ4n) is 1.66. The molecule has 76 valence electrons. The first kappa shape index (κ1) is 11.1. The molecule has 1 rings (SSSR count). The lowest BCUT2D eigenvalue weighted by Crippen LogP contribution is -2.36. The summed E-state index contributed by atoms with van der Waals surface area (Å²) in [6.07, 6.45) is 5.09. The van der Waals surface area contributed by atoms with E-state index in [0.717, 1.165) is 30.9 Å². The summed E-state index contributed by atoms with van der Waals surface area (Å²) in [6.45, 7) is 4.67. The number of hydrogen-bond acceptors (Lipinski definition) is 3. The van der Waals surface area contributed by atoms with Crippen LogP contribution in [0.2, 0.25) is 0 Å². The fourth-order valence-corrected chi connectivity index (χ4v) is 2.26. The lowest BCUT2D eigenvalue weighted by molar-refractivity contribution is 0.150. The number of aliphatic hydroxyl groups excluding tert-OH is 1. The van der Waals surface area contributed by atoms with E-state index in [1.54, 1.807) is 0 Å². The minimum Gasteiger partial charge on any atom is -0.392 e. The molecule has 1 aliphatic carbocycles. The van der Waals surface area contributed by atoms with Gasteiger partial charge in [0.15, 0.2) is 0 Å². The third-order valence-electron chi connectivity index (χ3n) is 2.37. The average molecular weight is 201 g/mol. The van der Waals surface area contributed by atoms with Crippen LogP contribution < -0.4 is 5.32 Å². The van der Waals surface area contributed by atoms with Crippen LogP contribution in [0.25, 0.3) is 0 Å². The Morgan fingerprint density at radius 1 is 1.54 bits per heavy atom. The van der Waals surface area contributed by atoms with Gasteiger partial charge in [0.1, 0.15) is 0 Å². The second kappa shape index (κ2) is 6.46. The fraction of sp³-hybridized carbons (Fsp3) is 0.800. The maximum atomic E-state index is 9.51. The van der Waals surface area contributed by atoms with E-state index in [-0.39, 0.29) is 6.10 Å². The van der Waals surface area contributed by atoms with Crippen molar-refractivity contribution in [2.75, 3.05) is 18.1 Å². The standard InChI is InChI=1S/C10H19NOS/c1-2-7-13-8-6-11-9-4-3-5-10(9)12/h2,9-12H,1,3-8H2/t9-,10-/m1/s1. The first-order chi connectivity index (χ1) is 6.34. The van der Waals surface area contributed by atoms with E-state index in [1.807, 2.05) is 17.8 Å². The molecule has 0 bridgehead atoms. The Morgan fingerprint density at radius 3 is 3.00 bits per heavy atom. The number of thioether (sulfide) groups is 1. The molecule has 0 amide bonds. The van der Waals surface area contributed by atoms with Crippen LogP contribution in [-0.2, 0) is 0 Å². The summed E-state index contributed by atoms with van der Waals surface area (Å²) >= 11 is 1.88. The van der Waals surface area contributed by atoms with Gasteiger partial charge in [0.2, 0.25) is 0 Å². The minimum atomic E-state index is -0.107. The van der Waals surface area contributed by atoms with Gasteiger partial charge in [-0.15, -0.1) is 6.58 Å². The molecular weight excluding hydrogens is 182 g/mol. The molecule has 2 N–H and O–H groups in total. The van der Waals surface area contributed by atoms with Crippen LogP contribution in [0.4, 0.5) is 0 Å². The monoisotopic (exact) mass is 201 g/mol. The number of nitrogens with one attached hydrogen (secondary N) is 1. The summed E-state index contributed by atoms with van der Waals surface area (Å²) in [7, 11) is 0. The zero-order valence-corrected chi connectivity index (χ0v) is 8.85. The number of rotatable bonds is 6. The van der Waals surface area contributed by atoms with Crippen molar-refractivity contribution in [3.63, 3.8) is 0 Å². The molecule has 0 unspecified atom stereocenters. The van der Waals surface area contributed by atoms with Crippen LogP contribution in [0.5, 0.6) is 0 Å². The predicted molar refractivity (Wildman–Crippen MR) is 59.2 cm³/mol. The zero-order chi connectivity index (χ0) is 9.52. The highest BCUT2D eigenvalue weighted by atomic mass is 32.2. The van der Waals surface area contributed by atoms with Crippen molar-refractivity contribution in [1.29, 1.82) is 0 Å². The van der Waals surface area contributed by atoms with Gasteiger partial charge in [0, 0.05) is 24.1 Å². The quantitative estimate of drug-likeness (QED) is 0.503. The van der Waals surface area contributed by atoms with E-state index in [2.05, 4.69) is 11.9 Å². The normalized spacial score (nSPS) is 27.8. The zero-order valence-electron chi connectivity index (χ0n) is 8.04. The van der Waals surface area contributed by atoms with E-state index in [1.165, 1.54) is 6.42 Å². The highest BCUT2D eigenvalue weighted by Crippen LogP contribution is 2.18. The van der Waals surface area contributed by atoms with Crippen molar-refractivity contribution in [2.45, 2.75) is 31.4 Å². The van der Waals surface area contributed by atoms with Gasteiger partial charge in [-0.3, -0.25) is 0 Å². The van der Waals surface area contributed by atoms with Crippen LogP contribution in [-0.4, -0.2) is 35.3 Å². The van der Waals surface area contributed by atoms with Gasteiger partial charge in [-0.2, -0.15) is 11.8 Å². The van der Waals surface area contributed by atoms with E-state index in [9.17, 15) is 5.11 Å². The summed E-state index contributed by atoms with van der Waals surface area (Å²) in [4.78, 5) is 0. The Morgan fingerprint density at radius 2 is 2.38 bits per heavy atom. The Hall–Kier alpha value is 0.01000. The molecule has 3 heteroatoms. The predicted octanol–water partition coefficient (Wildman–Crippen LogP) is 1.41. The molecular formula is C10H19NOS. The van der Waals surface area contributed by atoms with Crippen LogP contribution in [0, 0.1) is 0 Å². The summed E-state index contributed by atoms with van der Waals surface area (Å²) in [5, 5.41) is 12.9. The largest absolute Gasteiger partial charge is 0.392 e. The van der Waals surface area contributed by atoms with E-state index in [0.29, 0.717) is 6.04 Å². The molecule has 0 aromatic heterocycles. The highest BCUT2D eigenvalue weighted by molar-refractivity contribution is 7.99. The molecule has 2 nitrogen and oxygen atoms in total. The molecule has 2 atom stereocenters. The Balaban J connectivity index is 1.95. The third-order valence-corrected chi connectivity index (χ3v) is 3.33. The molecule has 0 aromatic rings. The van der Waals surface area contributed by atoms with Crippen molar-refractivity contribution >= 4 is 11.8 Å². The van der Waals surface area contributed by atoms with Crippen LogP contribution >= 0.6 is 11.8 Å². The first-order valence-electron chi connectivity index (χ1n) is 4.94. The average Bonchev–Trinajstić information content (AvgIpc) is 2.52. The Labute approximate surface area is 84.8 Å². The molecule has 0 spiro atoms. The van der Waals surface area contributed by atoms with E-state index < -0.39 is 0 Å².